The second-order valence-corrected chi connectivity index (χ2v) is 15.9. The van der Waals surface area contributed by atoms with Crippen LogP contribution in [0.3, 0.4) is 0 Å². The number of rotatable bonds is 9. The summed E-state index contributed by atoms with van der Waals surface area (Å²) in [6, 6.07) is 15.9. The van der Waals surface area contributed by atoms with Crippen molar-refractivity contribution >= 4 is 51.7 Å². The Balaban J connectivity index is 2.00. The van der Waals surface area contributed by atoms with Crippen LogP contribution in [0.2, 0.25) is 0 Å². The first kappa shape index (κ1) is 40.9. The lowest BCUT2D eigenvalue weighted by Gasteiger charge is -2.45. The van der Waals surface area contributed by atoms with Gasteiger partial charge in [0, 0.05) is 5.69 Å². The van der Waals surface area contributed by atoms with Crippen molar-refractivity contribution < 1.29 is 70.7 Å². The van der Waals surface area contributed by atoms with Crippen molar-refractivity contribution in [3.63, 3.8) is 0 Å². The lowest BCUT2D eigenvalue weighted by molar-refractivity contribution is 0.269. The molecule has 1 N–H and O–H groups in total. The van der Waals surface area contributed by atoms with Gasteiger partial charge in [-0.3, -0.25) is 5.32 Å². The molecule has 0 aliphatic carbocycles. The molecule has 0 bridgehead atoms. The predicted molar refractivity (Wildman–Crippen MR) is 183 cm³/mol. The molecule has 6 aromatic rings. The van der Waals surface area contributed by atoms with Crippen LogP contribution in [0.25, 0.3) is 0 Å². The van der Waals surface area contributed by atoms with Crippen LogP contribution in [-0.2, 0) is 0 Å². The van der Waals surface area contributed by atoms with E-state index in [0.29, 0.717) is 0 Å². The maximum absolute atomic E-state index is 16.5. The Morgan fingerprint density at radius 2 is 0.632 bits per heavy atom. The fourth-order valence-electron chi connectivity index (χ4n) is 7.06. The standard InChI is InChI=1S/C38H18BF15NOP/c40-23-20(24(41)30(47)35(52)29(23)46)39(21-25(42)31(48)36(53)32(49)26(21)43,22-27(44)33(50)37(54)34(51)28(22)45)16-57(18-12-6-2-7-13-18,19-14-8-3-9-15-19)38(56)55-17-10-4-1-5-11-17/h1-15H,16H2,(H,55,56). The average molecular weight is 831 g/mol. The normalized spacial score (nSPS) is 11.9. The highest BCUT2D eigenvalue weighted by molar-refractivity contribution is 8.04. The van der Waals surface area contributed by atoms with E-state index in [1.54, 1.807) is 0 Å². The van der Waals surface area contributed by atoms with E-state index in [4.69, 9.17) is 0 Å². The Morgan fingerprint density at radius 3 is 0.912 bits per heavy atom. The van der Waals surface area contributed by atoms with Crippen LogP contribution >= 0.6 is 7.26 Å². The summed E-state index contributed by atoms with van der Waals surface area (Å²) in [4.78, 5) is 15.0. The third kappa shape index (κ3) is 6.30. The van der Waals surface area contributed by atoms with Gasteiger partial charge in [0.05, 0.1) is 0 Å². The maximum Gasteiger partial charge on any atom is 0.370 e. The molecule has 0 heterocycles. The van der Waals surface area contributed by atoms with Crippen molar-refractivity contribution in [2.75, 3.05) is 11.4 Å². The van der Waals surface area contributed by atoms with Gasteiger partial charge in [-0.2, -0.15) is 0 Å². The molecule has 0 saturated carbocycles. The molecule has 0 radical (unpaired) electrons. The molecule has 6 aromatic carbocycles. The Morgan fingerprint density at radius 1 is 0.386 bits per heavy atom. The number of amides is 1. The first-order valence-electron chi connectivity index (χ1n) is 16.0. The Bertz CT molecular complexity index is 2270. The molecule has 2 nitrogen and oxygen atoms in total. The first-order chi connectivity index (χ1) is 26.9. The molecular weight excluding hydrogens is 813 g/mol. The second kappa shape index (κ2) is 15.3. The van der Waals surface area contributed by atoms with E-state index in [2.05, 4.69) is 5.32 Å². The number of benzene rings is 6. The SMILES string of the molecule is O=C(Nc1ccccc1)[P+](C[B-](c1c(F)c(F)c(F)c(F)c1F)(c1c(F)c(F)c(F)c(F)c1F)c1c(F)c(F)c(F)c(F)c1F)(c1ccccc1)c1ccccc1. The van der Waals surface area contributed by atoms with Crippen LogP contribution < -0.4 is 32.3 Å². The molecule has 0 saturated heterocycles. The van der Waals surface area contributed by atoms with Gasteiger partial charge < -0.3 is 0 Å². The minimum Gasteiger partial charge on any atom is -0.292 e. The fraction of sp³-hybridized carbons (Fsp3) is 0.0263. The number of hydrogen-bond donors (Lipinski definition) is 1. The molecule has 294 valence electrons. The van der Waals surface area contributed by atoms with E-state index in [9.17, 15) is 13.2 Å². The maximum atomic E-state index is 16.5. The molecule has 1 amide bonds. The van der Waals surface area contributed by atoms with Crippen molar-refractivity contribution in [3.05, 3.63) is 178 Å². The van der Waals surface area contributed by atoms with Crippen LogP contribution in [0.4, 0.5) is 76.3 Å². The summed E-state index contributed by atoms with van der Waals surface area (Å²) in [6.45, 7) is 0. The average Bonchev–Trinajstić information content (AvgIpc) is 3.22. The minimum atomic E-state index is -6.11. The van der Waals surface area contributed by atoms with E-state index < -0.39 is 139 Å². The number of carbonyl (C=O) groups excluding carboxylic acids is 1. The van der Waals surface area contributed by atoms with Gasteiger partial charge in [-0.25, -0.2) is 70.7 Å². The summed E-state index contributed by atoms with van der Waals surface area (Å²) < 4.78 is 235. The molecular formula is C38H18BF15NOP. The van der Waals surface area contributed by atoms with Gasteiger partial charge in [0.25, 0.3) is 0 Å². The Kier molecular flexibility index (Phi) is 11.0. The van der Waals surface area contributed by atoms with Crippen molar-refractivity contribution in [2.45, 2.75) is 0 Å². The number of nitrogens with one attached hydrogen (secondary N) is 1. The van der Waals surface area contributed by atoms with Gasteiger partial charge in [-0.15, -0.1) is 16.4 Å². The minimum absolute atomic E-state index is 0.138. The zero-order chi connectivity index (χ0) is 41.7. The summed E-state index contributed by atoms with van der Waals surface area (Å²) >= 11 is 0. The van der Waals surface area contributed by atoms with Gasteiger partial charge in [-0.05, 0) is 42.5 Å². The zero-order valence-corrected chi connectivity index (χ0v) is 28.9. The summed E-state index contributed by atoms with van der Waals surface area (Å²) in [6.07, 6.45) is -6.11. The van der Waals surface area contributed by atoms with Gasteiger partial charge in [0.15, 0.2) is 52.4 Å². The molecule has 0 aliphatic rings. The van der Waals surface area contributed by atoms with Gasteiger partial charge in [0.1, 0.15) is 58.9 Å². The zero-order valence-electron chi connectivity index (χ0n) is 28.0. The molecule has 0 unspecified atom stereocenters. The molecule has 0 spiro atoms. The molecule has 57 heavy (non-hydrogen) atoms. The van der Waals surface area contributed by atoms with Gasteiger partial charge in [-0.1, -0.05) is 54.6 Å². The summed E-state index contributed by atoms with van der Waals surface area (Å²) in [5.74, 6) is -46.8. The lowest BCUT2D eigenvalue weighted by Crippen LogP contribution is -2.76. The van der Waals surface area contributed by atoms with Crippen LogP contribution in [0, 0.1) is 87.3 Å². The summed E-state index contributed by atoms with van der Waals surface area (Å²) in [5.41, 5.74) is -9.95. The number of anilines is 1. The summed E-state index contributed by atoms with van der Waals surface area (Å²) in [7, 11) is -5.06. The number of para-hydroxylation sites is 1. The van der Waals surface area contributed by atoms with Crippen LogP contribution in [0.5, 0.6) is 0 Å². The fourth-order valence-corrected chi connectivity index (χ4v) is 11.5. The van der Waals surface area contributed by atoms with Crippen molar-refractivity contribution in [1.29, 1.82) is 0 Å². The topological polar surface area (TPSA) is 29.1 Å². The molecule has 0 fully saturated rings. The van der Waals surface area contributed by atoms with Crippen LogP contribution in [0.1, 0.15) is 0 Å². The van der Waals surface area contributed by atoms with Gasteiger partial charge in [0.2, 0.25) is 0 Å². The third-order valence-electron chi connectivity index (χ3n) is 9.52. The van der Waals surface area contributed by atoms with Crippen molar-refractivity contribution in [3.8, 4) is 0 Å². The van der Waals surface area contributed by atoms with E-state index in [0.717, 1.165) is 24.3 Å². The number of carbonyl (C=O) groups is 1. The molecule has 0 aromatic heterocycles. The highest BCUT2D eigenvalue weighted by Crippen LogP contribution is 2.59. The Labute approximate surface area is 311 Å². The van der Waals surface area contributed by atoms with Crippen molar-refractivity contribution in [1.82, 2.24) is 0 Å². The second-order valence-electron chi connectivity index (χ2n) is 12.5. The third-order valence-corrected chi connectivity index (χ3v) is 13.8. The van der Waals surface area contributed by atoms with E-state index in [1.165, 1.54) is 66.7 Å². The Hall–Kier alpha value is -5.77. The first-order valence-corrected chi connectivity index (χ1v) is 18.0. The summed E-state index contributed by atoms with van der Waals surface area (Å²) in [5, 5.41) is 1.53. The number of hydrogen-bond acceptors (Lipinski definition) is 1. The van der Waals surface area contributed by atoms with E-state index in [1.807, 2.05) is 0 Å². The quantitative estimate of drug-likeness (QED) is 0.0511. The van der Waals surface area contributed by atoms with Crippen LogP contribution in [0.15, 0.2) is 91.0 Å². The highest BCUT2D eigenvalue weighted by Gasteiger charge is 2.59. The van der Waals surface area contributed by atoms with Crippen LogP contribution in [-0.4, -0.2) is 17.9 Å². The largest absolute Gasteiger partial charge is 0.370 e. The molecule has 0 atom stereocenters. The predicted octanol–water partition coefficient (Wildman–Crippen LogP) is 8.68. The monoisotopic (exact) mass is 831 g/mol. The number of halogens is 15. The molecule has 19 heteroatoms. The van der Waals surface area contributed by atoms with Crippen molar-refractivity contribution in [2.24, 2.45) is 0 Å². The smallest absolute Gasteiger partial charge is 0.292 e. The molecule has 0 aliphatic heterocycles. The highest BCUT2D eigenvalue weighted by atomic mass is 31.2. The molecule has 6 rings (SSSR count). The van der Waals surface area contributed by atoms with Gasteiger partial charge >= 0.3 is 5.65 Å². The van der Waals surface area contributed by atoms with E-state index in [-0.39, 0.29) is 5.69 Å². The van der Waals surface area contributed by atoms with E-state index >= 15 is 57.5 Å². The lowest BCUT2D eigenvalue weighted by atomic mass is 9.16.